The van der Waals surface area contributed by atoms with Crippen molar-refractivity contribution in [1.29, 1.82) is 5.26 Å². The van der Waals surface area contributed by atoms with E-state index in [1.54, 1.807) is 12.1 Å². The lowest BCUT2D eigenvalue weighted by Gasteiger charge is -2.09. The van der Waals surface area contributed by atoms with Crippen molar-refractivity contribution >= 4 is 11.6 Å². The zero-order valence-corrected chi connectivity index (χ0v) is 11.2. The fourth-order valence-corrected chi connectivity index (χ4v) is 1.66. The van der Waals surface area contributed by atoms with E-state index >= 15 is 0 Å². The third kappa shape index (κ3) is 2.78. The summed E-state index contributed by atoms with van der Waals surface area (Å²) in [7, 11) is 1.28. The lowest BCUT2D eigenvalue weighted by atomic mass is 10.1. The van der Waals surface area contributed by atoms with Crippen molar-refractivity contribution in [2.45, 2.75) is 5.88 Å². The summed E-state index contributed by atoms with van der Waals surface area (Å²) in [6.45, 7) is 0. The Kier molecular flexibility index (Phi) is 4.33. The molecule has 1 aromatic carbocycles. The van der Waals surface area contributed by atoms with Gasteiger partial charge in [0.2, 0.25) is 5.82 Å². The molecule has 0 unspecified atom stereocenters. The molecule has 0 aliphatic carbocycles. The first kappa shape index (κ1) is 14.0. The van der Waals surface area contributed by atoms with Gasteiger partial charge in [-0.3, -0.25) is 0 Å². The molecule has 0 fully saturated rings. The molecule has 5 nitrogen and oxygen atoms in total. The van der Waals surface area contributed by atoms with Gasteiger partial charge >= 0.3 is 0 Å². The van der Waals surface area contributed by atoms with Crippen LogP contribution in [0.4, 0.5) is 4.39 Å². The van der Waals surface area contributed by atoms with Gasteiger partial charge in [0.1, 0.15) is 18.1 Å². The molecule has 0 radical (unpaired) electrons. The van der Waals surface area contributed by atoms with Crippen molar-refractivity contribution < 1.29 is 13.9 Å². The third-order valence-corrected chi connectivity index (χ3v) is 2.75. The Balaban J connectivity index is 2.38. The number of nitrogens with zero attached hydrogens (tertiary/aromatic N) is 3. The minimum absolute atomic E-state index is 0.181. The number of methoxy groups -OCH3 is 1. The monoisotopic (exact) mass is 293 g/mol. The smallest absolute Gasteiger partial charge is 0.263 e. The van der Waals surface area contributed by atoms with Crippen molar-refractivity contribution in [2.24, 2.45) is 0 Å². The molecule has 2 aromatic rings. The highest BCUT2D eigenvalue weighted by atomic mass is 35.5. The summed E-state index contributed by atoms with van der Waals surface area (Å²) in [5, 5.41) is 9.06. The molecule has 2 rings (SSSR count). The molecule has 1 heterocycles. The molecule has 0 aliphatic rings. The van der Waals surface area contributed by atoms with E-state index in [0.29, 0.717) is 0 Å². The Labute approximate surface area is 119 Å². The molecule has 0 aliphatic heterocycles. The standard InChI is InChI=1S/C13H9ClFN3O2/c1-19-12-11(15)13(18-7-17-12)20-10-3-2-8(5-14)4-9(10)6-16/h2-4,7H,5H2,1H3. The Morgan fingerprint density at radius 3 is 2.75 bits per heavy atom. The summed E-state index contributed by atoms with van der Waals surface area (Å²) in [6, 6.07) is 6.74. The van der Waals surface area contributed by atoms with Gasteiger partial charge in [0.05, 0.1) is 12.7 Å². The number of aromatic nitrogens is 2. The Morgan fingerprint density at radius 2 is 2.10 bits per heavy atom. The van der Waals surface area contributed by atoms with Gasteiger partial charge < -0.3 is 9.47 Å². The first-order chi connectivity index (χ1) is 9.69. The van der Waals surface area contributed by atoms with Crippen molar-refractivity contribution in [1.82, 2.24) is 9.97 Å². The van der Waals surface area contributed by atoms with Gasteiger partial charge in [0, 0.05) is 5.88 Å². The van der Waals surface area contributed by atoms with Crippen LogP contribution in [-0.2, 0) is 5.88 Å². The lowest BCUT2D eigenvalue weighted by molar-refractivity contribution is 0.344. The number of nitriles is 1. The van der Waals surface area contributed by atoms with E-state index in [0.717, 1.165) is 11.9 Å². The normalized spacial score (nSPS) is 9.90. The number of ether oxygens (including phenoxy) is 2. The van der Waals surface area contributed by atoms with E-state index in [-0.39, 0.29) is 29.0 Å². The van der Waals surface area contributed by atoms with Crippen LogP contribution in [0.5, 0.6) is 17.5 Å². The highest BCUT2D eigenvalue weighted by Crippen LogP contribution is 2.29. The van der Waals surface area contributed by atoms with Crippen LogP contribution in [0, 0.1) is 17.1 Å². The Morgan fingerprint density at radius 1 is 1.35 bits per heavy atom. The van der Waals surface area contributed by atoms with Crippen LogP contribution in [0.15, 0.2) is 24.5 Å². The van der Waals surface area contributed by atoms with Gasteiger partial charge in [0.25, 0.3) is 11.8 Å². The van der Waals surface area contributed by atoms with Gasteiger partial charge in [-0.15, -0.1) is 11.6 Å². The Bertz CT molecular complexity index is 673. The summed E-state index contributed by atoms with van der Waals surface area (Å²) in [4.78, 5) is 7.27. The molecule has 102 valence electrons. The molecule has 0 bridgehead atoms. The van der Waals surface area contributed by atoms with Crippen molar-refractivity contribution in [3.8, 4) is 23.6 Å². The number of alkyl halides is 1. The van der Waals surface area contributed by atoms with Crippen molar-refractivity contribution in [2.75, 3.05) is 7.11 Å². The predicted molar refractivity (Wildman–Crippen MR) is 69.3 cm³/mol. The third-order valence-electron chi connectivity index (χ3n) is 2.44. The van der Waals surface area contributed by atoms with Crippen molar-refractivity contribution in [3.63, 3.8) is 0 Å². The van der Waals surface area contributed by atoms with Crippen LogP contribution in [0.25, 0.3) is 0 Å². The van der Waals surface area contributed by atoms with Gasteiger partial charge in [-0.2, -0.15) is 19.6 Å². The largest absolute Gasteiger partial charge is 0.479 e. The topological polar surface area (TPSA) is 68.0 Å². The first-order valence-electron chi connectivity index (χ1n) is 5.51. The van der Waals surface area contributed by atoms with Gasteiger partial charge in [0.15, 0.2) is 0 Å². The fraction of sp³-hybridized carbons (Fsp3) is 0.154. The summed E-state index contributed by atoms with van der Waals surface area (Å²) in [6.07, 6.45) is 1.11. The highest BCUT2D eigenvalue weighted by molar-refractivity contribution is 6.17. The zero-order valence-electron chi connectivity index (χ0n) is 10.4. The average molecular weight is 294 g/mol. The molecule has 0 atom stereocenters. The SMILES string of the molecule is COc1ncnc(Oc2ccc(CCl)cc2C#N)c1F. The van der Waals surface area contributed by atoms with Crippen molar-refractivity contribution in [3.05, 3.63) is 41.5 Å². The average Bonchev–Trinajstić information content (AvgIpc) is 2.49. The van der Waals surface area contributed by atoms with E-state index in [4.69, 9.17) is 26.3 Å². The quantitative estimate of drug-likeness (QED) is 0.811. The number of benzene rings is 1. The van der Waals surface area contributed by atoms with Gasteiger partial charge in [-0.05, 0) is 17.7 Å². The molecule has 0 amide bonds. The summed E-state index contributed by atoms with van der Waals surface area (Å²) < 4.78 is 23.9. The minimum Gasteiger partial charge on any atom is -0.479 e. The lowest BCUT2D eigenvalue weighted by Crippen LogP contribution is -1.99. The Hall–Kier alpha value is -2.39. The number of rotatable bonds is 4. The second-order valence-corrected chi connectivity index (χ2v) is 3.95. The molecule has 7 heteroatoms. The molecule has 20 heavy (non-hydrogen) atoms. The van der Waals surface area contributed by atoms with E-state index < -0.39 is 5.82 Å². The maximum atomic E-state index is 13.9. The summed E-state index contributed by atoms with van der Waals surface area (Å²) >= 11 is 5.69. The molecule has 0 N–H and O–H groups in total. The molecule has 1 aromatic heterocycles. The maximum Gasteiger partial charge on any atom is 0.263 e. The van der Waals surface area contributed by atoms with E-state index in [9.17, 15) is 4.39 Å². The number of hydrogen-bond donors (Lipinski definition) is 0. The molecule has 0 saturated heterocycles. The molecule has 0 saturated carbocycles. The summed E-state index contributed by atoms with van der Waals surface area (Å²) in [5.74, 6) is -0.927. The van der Waals surface area contributed by atoms with Crippen LogP contribution >= 0.6 is 11.6 Å². The highest BCUT2D eigenvalue weighted by Gasteiger charge is 2.15. The van der Waals surface area contributed by atoms with Gasteiger partial charge in [-0.25, -0.2) is 0 Å². The first-order valence-corrected chi connectivity index (χ1v) is 6.04. The molecule has 0 spiro atoms. The van der Waals surface area contributed by atoms with Crippen LogP contribution in [0.1, 0.15) is 11.1 Å². The van der Waals surface area contributed by atoms with Crippen LogP contribution in [0.3, 0.4) is 0 Å². The van der Waals surface area contributed by atoms with E-state index in [1.165, 1.54) is 13.2 Å². The second kappa shape index (κ2) is 6.17. The van der Waals surface area contributed by atoms with Crippen LogP contribution in [-0.4, -0.2) is 17.1 Å². The summed E-state index contributed by atoms with van der Waals surface area (Å²) in [5.41, 5.74) is 0.997. The fourth-order valence-electron chi connectivity index (χ4n) is 1.49. The minimum atomic E-state index is -0.833. The van der Waals surface area contributed by atoms with E-state index in [2.05, 4.69) is 9.97 Å². The second-order valence-electron chi connectivity index (χ2n) is 3.68. The predicted octanol–water partition coefficient (Wildman–Crippen LogP) is 3.03. The van der Waals surface area contributed by atoms with Gasteiger partial charge in [-0.1, -0.05) is 6.07 Å². The molecular weight excluding hydrogens is 285 g/mol. The number of halogens is 2. The number of hydrogen-bond acceptors (Lipinski definition) is 5. The maximum absolute atomic E-state index is 13.9. The van der Waals surface area contributed by atoms with Crippen LogP contribution in [0.2, 0.25) is 0 Å². The van der Waals surface area contributed by atoms with Crippen LogP contribution < -0.4 is 9.47 Å². The van der Waals surface area contributed by atoms with E-state index in [1.807, 2.05) is 6.07 Å². The molecular formula is C13H9ClFN3O2. The zero-order chi connectivity index (χ0) is 14.5.